The van der Waals surface area contributed by atoms with E-state index in [0.717, 1.165) is 24.2 Å². The molecule has 1 aromatic rings. The lowest BCUT2D eigenvalue weighted by molar-refractivity contribution is 0.858. The molecule has 0 unspecified atom stereocenters. The van der Waals surface area contributed by atoms with E-state index in [-0.39, 0.29) is 5.84 Å². The Labute approximate surface area is 108 Å². The van der Waals surface area contributed by atoms with Crippen LogP contribution in [-0.2, 0) is 0 Å². The number of nitrogens with one attached hydrogen (secondary N) is 1. The molecule has 3 nitrogen and oxygen atoms in total. The Morgan fingerprint density at radius 2 is 2.12 bits per heavy atom. The molecule has 4 heteroatoms. The molecule has 0 aliphatic heterocycles. The summed E-state index contributed by atoms with van der Waals surface area (Å²) in [5.74, 6) is 2.49. The topological polar surface area (TPSA) is 53.1 Å². The zero-order valence-electron chi connectivity index (χ0n) is 10.6. The Hall–Kier alpha value is -1.16. The van der Waals surface area contributed by atoms with E-state index in [2.05, 4.69) is 18.9 Å². The lowest BCUT2D eigenvalue weighted by Gasteiger charge is -2.21. The Morgan fingerprint density at radius 1 is 1.41 bits per heavy atom. The number of nitrogens with two attached hydrogens (primary N) is 1. The van der Waals surface area contributed by atoms with E-state index < -0.39 is 0 Å². The van der Waals surface area contributed by atoms with E-state index in [4.69, 9.17) is 11.1 Å². The van der Waals surface area contributed by atoms with Crippen molar-refractivity contribution in [2.75, 3.05) is 30.0 Å². The minimum absolute atomic E-state index is 0.135. The van der Waals surface area contributed by atoms with Crippen LogP contribution in [0.25, 0.3) is 0 Å². The molecule has 0 radical (unpaired) electrons. The third kappa shape index (κ3) is 4.30. The van der Waals surface area contributed by atoms with E-state index in [1.807, 2.05) is 36.0 Å². The smallest absolute Gasteiger partial charge is 0.124 e. The SMILES string of the molecule is CCSCCCN(C)c1ccccc1C(=N)N. The molecule has 94 valence electrons. The molecule has 0 amide bonds. The van der Waals surface area contributed by atoms with Gasteiger partial charge in [-0.2, -0.15) is 11.8 Å². The summed E-state index contributed by atoms with van der Waals surface area (Å²) < 4.78 is 0. The molecule has 3 N–H and O–H groups in total. The maximum atomic E-state index is 7.56. The van der Waals surface area contributed by atoms with Gasteiger partial charge in [-0.3, -0.25) is 5.41 Å². The van der Waals surface area contributed by atoms with Gasteiger partial charge < -0.3 is 10.6 Å². The van der Waals surface area contributed by atoms with Crippen molar-refractivity contribution in [3.05, 3.63) is 29.8 Å². The summed E-state index contributed by atoms with van der Waals surface area (Å²) in [6.07, 6.45) is 1.15. The van der Waals surface area contributed by atoms with Crippen molar-refractivity contribution in [2.45, 2.75) is 13.3 Å². The van der Waals surface area contributed by atoms with Crippen LogP contribution in [-0.4, -0.2) is 30.9 Å². The first-order chi connectivity index (χ1) is 8.16. The van der Waals surface area contributed by atoms with E-state index in [9.17, 15) is 0 Å². The lowest BCUT2D eigenvalue weighted by atomic mass is 10.1. The van der Waals surface area contributed by atoms with Crippen molar-refractivity contribution in [3.63, 3.8) is 0 Å². The summed E-state index contributed by atoms with van der Waals surface area (Å²) in [6.45, 7) is 3.18. The molecular weight excluding hydrogens is 230 g/mol. The first kappa shape index (κ1) is 13.9. The number of amidine groups is 1. The van der Waals surface area contributed by atoms with Gasteiger partial charge in [0.15, 0.2) is 0 Å². The summed E-state index contributed by atoms with van der Waals surface area (Å²) >= 11 is 1.96. The van der Waals surface area contributed by atoms with Gasteiger partial charge in [-0.1, -0.05) is 19.1 Å². The normalized spacial score (nSPS) is 10.2. The molecular formula is C13H21N3S. The fourth-order valence-electron chi connectivity index (χ4n) is 1.70. The molecule has 1 aromatic carbocycles. The number of anilines is 1. The van der Waals surface area contributed by atoms with Crippen molar-refractivity contribution < 1.29 is 0 Å². The van der Waals surface area contributed by atoms with Crippen molar-refractivity contribution in [1.82, 2.24) is 0 Å². The number of benzene rings is 1. The second-order valence-electron chi connectivity index (χ2n) is 3.90. The first-order valence-electron chi connectivity index (χ1n) is 5.89. The number of rotatable bonds is 7. The minimum atomic E-state index is 0.135. The van der Waals surface area contributed by atoms with Crippen LogP contribution in [0.4, 0.5) is 5.69 Å². The number of para-hydroxylation sites is 1. The lowest BCUT2D eigenvalue weighted by Crippen LogP contribution is -2.23. The zero-order chi connectivity index (χ0) is 12.7. The summed E-state index contributed by atoms with van der Waals surface area (Å²) in [5.41, 5.74) is 7.44. The van der Waals surface area contributed by atoms with E-state index in [1.165, 1.54) is 11.5 Å². The van der Waals surface area contributed by atoms with E-state index >= 15 is 0 Å². The van der Waals surface area contributed by atoms with Crippen LogP contribution in [0.15, 0.2) is 24.3 Å². The highest BCUT2D eigenvalue weighted by atomic mass is 32.2. The predicted octanol–water partition coefficient (Wildman–Crippen LogP) is 2.55. The predicted molar refractivity (Wildman–Crippen MR) is 78.3 cm³/mol. The number of thioether (sulfide) groups is 1. The highest BCUT2D eigenvalue weighted by Crippen LogP contribution is 2.19. The van der Waals surface area contributed by atoms with Crippen molar-refractivity contribution in [2.24, 2.45) is 5.73 Å². The van der Waals surface area contributed by atoms with Gasteiger partial charge in [0, 0.05) is 24.8 Å². The van der Waals surface area contributed by atoms with Gasteiger partial charge in [0.2, 0.25) is 0 Å². The van der Waals surface area contributed by atoms with Gasteiger partial charge >= 0.3 is 0 Å². The molecule has 0 fully saturated rings. The van der Waals surface area contributed by atoms with Crippen molar-refractivity contribution >= 4 is 23.3 Å². The fourth-order valence-corrected chi connectivity index (χ4v) is 2.32. The molecule has 0 bridgehead atoms. The molecule has 0 atom stereocenters. The molecule has 17 heavy (non-hydrogen) atoms. The van der Waals surface area contributed by atoms with Gasteiger partial charge in [-0.25, -0.2) is 0 Å². The Kier molecular flexibility index (Phi) is 5.91. The number of nitrogen functional groups attached to an aromatic ring is 1. The van der Waals surface area contributed by atoms with Crippen LogP contribution >= 0.6 is 11.8 Å². The molecule has 0 heterocycles. The molecule has 1 rings (SSSR count). The molecule has 0 spiro atoms. The largest absolute Gasteiger partial charge is 0.384 e. The average molecular weight is 251 g/mol. The zero-order valence-corrected chi connectivity index (χ0v) is 11.4. The number of hydrogen-bond acceptors (Lipinski definition) is 3. The van der Waals surface area contributed by atoms with Crippen LogP contribution in [0.2, 0.25) is 0 Å². The average Bonchev–Trinajstić information content (AvgIpc) is 2.34. The second-order valence-corrected chi connectivity index (χ2v) is 5.30. The summed E-state index contributed by atoms with van der Waals surface area (Å²) in [6, 6.07) is 7.82. The molecule has 0 saturated carbocycles. The monoisotopic (exact) mass is 251 g/mol. The summed E-state index contributed by atoms with van der Waals surface area (Å²) in [7, 11) is 2.05. The van der Waals surface area contributed by atoms with Gasteiger partial charge in [0.1, 0.15) is 5.84 Å². The molecule has 0 aromatic heterocycles. The third-order valence-electron chi connectivity index (χ3n) is 2.59. The first-order valence-corrected chi connectivity index (χ1v) is 7.04. The molecule has 0 aliphatic rings. The van der Waals surface area contributed by atoms with Crippen LogP contribution in [0.3, 0.4) is 0 Å². The van der Waals surface area contributed by atoms with Crippen LogP contribution in [0, 0.1) is 5.41 Å². The maximum absolute atomic E-state index is 7.56. The van der Waals surface area contributed by atoms with Gasteiger partial charge in [0.05, 0.1) is 0 Å². The van der Waals surface area contributed by atoms with Crippen molar-refractivity contribution in [3.8, 4) is 0 Å². The maximum Gasteiger partial charge on any atom is 0.124 e. The third-order valence-corrected chi connectivity index (χ3v) is 3.58. The van der Waals surface area contributed by atoms with Crippen molar-refractivity contribution in [1.29, 1.82) is 5.41 Å². The number of hydrogen-bond donors (Lipinski definition) is 2. The minimum Gasteiger partial charge on any atom is -0.384 e. The molecule has 0 saturated heterocycles. The quantitative estimate of drug-likeness (QED) is 0.445. The number of nitrogens with zero attached hydrogens (tertiary/aromatic N) is 1. The van der Waals surface area contributed by atoms with Gasteiger partial charge in [-0.05, 0) is 30.1 Å². The van der Waals surface area contributed by atoms with Crippen LogP contribution in [0.1, 0.15) is 18.9 Å². The highest BCUT2D eigenvalue weighted by Gasteiger charge is 2.08. The van der Waals surface area contributed by atoms with Crippen LogP contribution < -0.4 is 10.6 Å². The molecule has 0 aliphatic carbocycles. The van der Waals surface area contributed by atoms with Crippen LogP contribution in [0.5, 0.6) is 0 Å². The Balaban J connectivity index is 2.62. The Morgan fingerprint density at radius 3 is 2.76 bits per heavy atom. The van der Waals surface area contributed by atoms with E-state index in [1.54, 1.807) is 0 Å². The summed E-state index contributed by atoms with van der Waals surface area (Å²) in [5, 5.41) is 7.56. The second kappa shape index (κ2) is 7.22. The van der Waals surface area contributed by atoms with Gasteiger partial charge in [-0.15, -0.1) is 0 Å². The standard InChI is InChI=1S/C13H21N3S/c1-3-17-10-6-9-16(2)12-8-5-4-7-11(12)13(14)15/h4-5,7-8H,3,6,9-10H2,1-2H3,(H3,14,15). The summed E-state index contributed by atoms with van der Waals surface area (Å²) in [4.78, 5) is 2.17. The Bertz CT molecular complexity index is 365. The highest BCUT2D eigenvalue weighted by molar-refractivity contribution is 7.99. The van der Waals surface area contributed by atoms with Gasteiger partial charge in [0.25, 0.3) is 0 Å². The fraction of sp³-hybridized carbons (Fsp3) is 0.462. The van der Waals surface area contributed by atoms with E-state index in [0.29, 0.717) is 0 Å².